The highest BCUT2D eigenvalue weighted by Gasteiger charge is 2.18. The van der Waals surface area contributed by atoms with E-state index >= 15 is 0 Å². The van der Waals surface area contributed by atoms with Gasteiger partial charge in [-0.05, 0) is 37.2 Å². The molecule has 0 saturated carbocycles. The van der Waals surface area contributed by atoms with Crippen molar-refractivity contribution in [2.45, 2.75) is 19.8 Å². The zero-order chi connectivity index (χ0) is 15.5. The summed E-state index contributed by atoms with van der Waals surface area (Å²) in [6, 6.07) is 7.49. The van der Waals surface area contributed by atoms with Crippen LogP contribution in [0.15, 0.2) is 28.7 Å². The first-order valence-electron chi connectivity index (χ1n) is 7.91. The Bertz CT molecular complexity index is 657. The van der Waals surface area contributed by atoms with Crippen molar-refractivity contribution in [2.24, 2.45) is 0 Å². The number of fused-ring (bicyclic) bond motifs is 1. The van der Waals surface area contributed by atoms with Gasteiger partial charge in [0.2, 0.25) is 5.76 Å². The van der Waals surface area contributed by atoms with Crippen molar-refractivity contribution >= 4 is 22.6 Å². The molecule has 1 fully saturated rings. The number of carbonyl (C=O) groups is 1. The Kier molecular flexibility index (Phi) is 4.34. The lowest BCUT2D eigenvalue weighted by Crippen LogP contribution is -2.46. The average Bonchev–Trinajstić information content (AvgIpc) is 2.97. The van der Waals surface area contributed by atoms with E-state index in [1.807, 2.05) is 18.2 Å². The number of aromatic carboxylic acids is 1. The topological polar surface area (TPSA) is 56.9 Å². The average molecular weight is 302 g/mol. The number of benzene rings is 1. The second-order valence-electron chi connectivity index (χ2n) is 5.82. The molecule has 0 amide bonds. The van der Waals surface area contributed by atoms with Gasteiger partial charge < -0.3 is 14.4 Å². The molecule has 0 spiro atoms. The summed E-state index contributed by atoms with van der Waals surface area (Å²) in [7, 11) is 0. The number of furan rings is 1. The molecule has 0 atom stereocenters. The third kappa shape index (κ3) is 3.09. The van der Waals surface area contributed by atoms with E-state index in [0.29, 0.717) is 5.58 Å². The van der Waals surface area contributed by atoms with E-state index in [1.54, 1.807) is 6.07 Å². The molecule has 1 aliphatic heterocycles. The van der Waals surface area contributed by atoms with Crippen LogP contribution >= 0.6 is 0 Å². The van der Waals surface area contributed by atoms with E-state index < -0.39 is 5.97 Å². The van der Waals surface area contributed by atoms with Gasteiger partial charge in [0, 0.05) is 37.3 Å². The quantitative estimate of drug-likeness (QED) is 0.920. The summed E-state index contributed by atoms with van der Waals surface area (Å²) in [5.74, 6) is -1.03. The molecule has 3 rings (SSSR count). The molecule has 0 unspecified atom stereocenters. The number of rotatable bonds is 5. The van der Waals surface area contributed by atoms with Crippen molar-refractivity contribution in [3.8, 4) is 0 Å². The van der Waals surface area contributed by atoms with Gasteiger partial charge in [-0.2, -0.15) is 0 Å². The molecule has 1 saturated heterocycles. The van der Waals surface area contributed by atoms with Gasteiger partial charge in [-0.25, -0.2) is 4.79 Å². The highest BCUT2D eigenvalue weighted by atomic mass is 16.4. The van der Waals surface area contributed by atoms with Crippen molar-refractivity contribution in [3.05, 3.63) is 30.0 Å². The molecule has 5 heteroatoms. The van der Waals surface area contributed by atoms with Crippen LogP contribution in [-0.2, 0) is 0 Å². The molecule has 0 aliphatic carbocycles. The summed E-state index contributed by atoms with van der Waals surface area (Å²) in [6.07, 6.45) is 2.50. The Morgan fingerprint density at radius 3 is 2.68 bits per heavy atom. The van der Waals surface area contributed by atoms with Gasteiger partial charge in [0.25, 0.3) is 0 Å². The summed E-state index contributed by atoms with van der Waals surface area (Å²) < 4.78 is 5.31. The number of carboxylic acids is 1. The molecule has 0 radical (unpaired) electrons. The van der Waals surface area contributed by atoms with Gasteiger partial charge in [0.1, 0.15) is 5.58 Å². The number of piperazine rings is 1. The second kappa shape index (κ2) is 6.40. The summed E-state index contributed by atoms with van der Waals surface area (Å²) in [5, 5.41) is 9.84. The van der Waals surface area contributed by atoms with Crippen molar-refractivity contribution in [1.82, 2.24) is 4.90 Å². The molecular formula is C17H22N2O3. The monoisotopic (exact) mass is 302 g/mol. The summed E-state index contributed by atoms with van der Waals surface area (Å²) in [5.41, 5.74) is 1.77. The van der Waals surface area contributed by atoms with Crippen LogP contribution in [0.5, 0.6) is 0 Å². The molecule has 5 nitrogen and oxygen atoms in total. The molecule has 1 aliphatic rings. The molecule has 0 bridgehead atoms. The number of unbranched alkanes of at least 4 members (excludes halogenated alkanes) is 1. The Balaban J connectivity index is 1.70. The van der Waals surface area contributed by atoms with E-state index in [9.17, 15) is 4.79 Å². The van der Waals surface area contributed by atoms with Crippen LogP contribution in [0.2, 0.25) is 0 Å². The van der Waals surface area contributed by atoms with Gasteiger partial charge in [0.05, 0.1) is 0 Å². The third-order valence-electron chi connectivity index (χ3n) is 4.28. The standard InChI is InChI=1S/C17H22N2O3/c1-2-3-6-18-7-9-19(10-8-18)14-4-5-15-13(11-14)12-16(22-15)17(20)21/h4-5,11-12H,2-3,6-10H2,1H3,(H,20,21). The first-order valence-corrected chi connectivity index (χ1v) is 7.91. The van der Waals surface area contributed by atoms with Gasteiger partial charge in [-0.15, -0.1) is 0 Å². The minimum atomic E-state index is -1.03. The highest BCUT2D eigenvalue weighted by Crippen LogP contribution is 2.26. The van der Waals surface area contributed by atoms with Crippen molar-refractivity contribution < 1.29 is 14.3 Å². The summed E-state index contributed by atoms with van der Waals surface area (Å²) in [4.78, 5) is 15.8. The largest absolute Gasteiger partial charge is 0.475 e. The third-order valence-corrected chi connectivity index (χ3v) is 4.28. The molecule has 1 aromatic heterocycles. The van der Waals surface area contributed by atoms with Crippen LogP contribution in [0.1, 0.15) is 30.3 Å². The summed E-state index contributed by atoms with van der Waals surface area (Å²) in [6.45, 7) is 7.61. The van der Waals surface area contributed by atoms with Crippen LogP contribution in [0.25, 0.3) is 11.0 Å². The van der Waals surface area contributed by atoms with Gasteiger partial charge >= 0.3 is 5.97 Å². The predicted octanol–water partition coefficient (Wildman–Crippen LogP) is 3.05. The lowest BCUT2D eigenvalue weighted by Gasteiger charge is -2.36. The number of hydrogen-bond acceptors (Lipinski definition) is 4. The zero-order valence-electron chi connectivity index (χ0n) is 12.9. The molecule has 22 heavy (non-hydrogen) atoms. The maximum absolute atomic E-state index is 11.0. The van der Waals surface area contributed by atoms with Crippen molar-refractivity contribution in [3.63, 3.8) is 0 Å². The SMILES string of the molecule is CCCCN1CCN(c2ccc3oc(C(=O)O)cc3c2)CC1. The number of nitrogens with zero attached hydrogens (tertiary/aromatic N) is 2. The number of carboxylic acid groups (broad SMARTS) is 1. The smallest absolute Gasteiger partial charge is 0.371 e. The molecular weight excluding hydrogens is 280 g/mol. The minimum absolute atomic E-state index is 0.00321. The number of anilines is 1. The normalized spacial score (nSPS) is 16.3. The van der Waals surface area contributed by atoms with Crippen LogP contribution in [-0.4, -0.2) is 48.7 Å². The van der Waals surface area contributed by atoms with E-state index in [4.69, 9.17) is 9.52 Å². The Hall–Kier alpha value is -2.01. The van der Waals surface area contributed by atoms with Crippen LogP contribution in [0, 0.1) is 0 Å². The lowest BCUT2D eigenvalue weighted by atomic mass is 10.2. The fourth-order valence-electron chi connectivity index (χ4n) is 2.94. The van der Waals surface area contributed by atoms with E-state index in [1.165, 1.54) is 19.4 Å². The number of hydrogen-bond donors (Lipinski definition) is 1. The first kappa shape index (κ1) is 14.9. The molecule has 2 heterocycles. The molecule has 1 aromatic carbocycles. The molecule has 1 N–H and O–H groups in total. The fourth-order valence-corrected chi connectivity index (χ4v) is 2.94. The van der Waals surface area contributed by atoms with Crippen molar-refractivity contribution in [2.75, 3.05) is 37.6 Å². The zero-order valence-corrected chi connectivity index (χ0v) is 12.9. The fraction of sp³-hybridized carbons (Fsp3) is 0.471. The van der Waals surface area contributed by atoms with Crippen LogP contribution in [0.4, 0.5) is 5.69 Å². The van der Waals surface area contributed by atoms with Gasteiger partial charge in [-0.3, -0.25) is 4.90 Å². The summed E-state index contributed by atoms with van der Waals surface area (Å²) >= 11 is 0. The van der Waals surface area contributed by atoms with Crippen molar-refractivity contribution in [1.29, 1.82) is 0 Å². The maximum atomic E-state index is 11.0. The molecule has 118 valence electrons. The van der Waals surface area contributed by atoms with E-state index in [0.717, 1.165) is 37.3 Å². The highest BCUT2D eigenvalue weighted by molar-refractivity contribution is 5.92. The van der Waals surface area contributed by atoms with E-state index in [2.05, 4.69) is 16.7 Å². The predicted molar refractivity (Wildman–Crippen MR) is 86.7 cm³/mol. The Morgan fingerprint density at radius 2 is 2.00 bits per heavy atom. The first-order chi connectivity index (χ1) is 10.7. The van der Waals surface area contributed by atoms with Gasteiger partial charge in [-0.1, -0.05) is 13.3 Å². The minimum Gasteiger partial charge on any atom is -0.475 e. The lowest BCUT2D eigenvalue weighted by molar-refractivity contribution is 0.0665. The Labute approximate surface area is 130 Å². The van der Waals surface area contributed by atoms with Gasteiger partial charge in [0.15, 0.2) is 0 Å². The Morgan fingerprint density at radius 1 is 1.23 bits per heavy atom. The second-order valence-corrected chi connectivity index (χ2v) is 5.82. The maximum Gasteiger partial charge on any atom is 0.371 e. The molecule has 2 aromatic rings. The van der Waals surface area contributed by atoms with Crippen LogP contribution < -0.4 is 4.90 Å². The van der Waals surface area contributed by atoms with Crippen LogP contribution in [0.3, 0.4) is 0 Å². The van der Waals surface area contributed by atoms with E-state index in [-0.39, 0.29) is 5.76 Å².